The Kier molecular flexibility index (Phi) is 5.50. The predicted molar refractivity (Wildman–Crippen MR) is 107 cm³/mol. The van der Waals surface area contributed by atoms with E-state index in [1.165, 1.54) is 0 Å². The summed E-state index contributed by atoms with van der Waals surface area (Å²) in [5.41, 5.74) is 0.356. The number of halogens is 2. The summed E-state index contributed by atoms with van der Waals surface area (Å²) in [4.78, 5) is 26.5. The second-order valence-electron chi connectivity index (χ2n) is 6.58. The summed E-state index contributed by atoms with van der Waals surface area (Å²) in [5.74, 6) is 2.08. The molecule has 1 N–H and O–H groups in total. The van der Waals surface area contributed by atoms with Gasteiger partial charge >= 0.3 is 0 Å². The molecule has 0 spiro atoms. The zero-order valence-corrected chi connectivity index (χ0v) is 16.5. The number of H-pyrrole nitrogens is 1. The largest absolute Gasteiger partial charge is 0.439 e. The molecular formula is C20H18Cl2N4O2. The van der Waals surface area contributed by atoms with E-state index in [1.54, 1.807) is 42.6 Å². The van der Waals surface area contributed by atoms with Crippen molar-refractivity contribution in [2.24, 2.45) is 0 Å². The Morgan fingerprint density at radius 3 is 2.68 bits per heavy atom. The van der Waals surface area contributed by atoms with Crippen LogP contribution in [0.1, 0.15) is 35.1 Å². The lowest BCUT2D eigenvalue weighted by atomic mass is 9.96. The van der Waals surface area contributed by atoms with Gasteiger partial charge in [0, 0.05) is 43.5 Å². The number of benzene rings is 1. The van der Waals surface area contributed by atoms with Crippen molar-refractivity contribution in [1.29, 1.82) is 0 Å². The van der Waals surface area contributed by atoms with Gasteiger partial charge in [0.2, 0.25) is 5.88 Å². The highest BCUT2D eigenvalue weighted by Crippen LogP contribution is 2.29. The molecule has 2 aromatic heterocycles. The molecule has 28 heavy (non-hydrogen) atoms. The Labute approximate surface area is 172 Å². The fourth-order valence-electron chi connectivity index (χ4n) is 3.27. The maximum absolute atomic E-state index is 12.8. The van der Waals surface area contributed by atoms with Gasteiger partial charge in [-0.2, -0.15) is 0 Å². The molecule has 0 radical (unpaired) electrons. The van der Waals surface area contributed by atoms with E-state index in [1.807, 2.05) is 11.1 Å². The summed E-state index contributed by atoms with van der Waals surface area (Å²) in [7, 11) is 0. The van der Waals surface area contributed by atoms with Gasteiger partial charge in [-0.05, 0) is 31.0 Å². The van der Waals surface area contributed by atoms with Crippen molar-refractivity contribution in [3.63, 3.8) is 0 Å². The van der Waals surface area contributed by atoms with Crippen molar-refractivity contribution >= 4 is 29.1 Å². The van der Waals surface area contributed by atoms with Gasteiger partial charge < -0.3 is 14.6 Å². The number of rotatable bonds is 4. The van der Waals surface area contributed by atoms with E-state index in [4.69, 9.17) is 27.9 Å². The van der Waals surface area contributed by atoms with Gasteiger partial charge in [0.1, 0.15) is 17.3 Å². The molecule has 3 aromatic rings. The number of imidazole rings is 1. The van der Waals surface area contributed by atoms with Crippen LogP contribution < -0.4 is 4.74 Å². The first-order valence-electron chi connectivity index (χ1n) is 8.98. The van der Waals surface area contributed by atoms with Crippen LogP contribution in [0.3, 0.4) is 0 Å². The van der Waals surface area contributed by atoms with E-state index >= 15 is 0 Å². The molecule has 1 fully saturated rings. The summed E-state index contributed by atoms with van der Waals surface area (Å²) in [5, 5.41) is 0.842. The van der Waals surface area contributed by atoms with Gasteiger partial charge in [-0.15, -0.1) is 0 Å². The molecule has 1 aliphatic heterocycles. The van der Waals surface area contributed by atoms with Crippen molar-refractivity contribution in [2.45, 2.75) is 18.8 Å². The average molecular weight is 417 g/mol. The third-order valence-electron chi connectivity index (χ3n) is 4.74. The van der Waals surface area contributed by atoms with Crippen LogP contribution in [0.5, 0.6) is 11.6 Å². The molecule has 1 aromatic carbocycles. The number of pyridine rings is 1. The third-order valence-corrected chi connectivity index (χ3v) is 5.48. The second-order valence-corrected chi connectivity index (χ2v) is 7.39. The van der Waals surface area contributed by atoms with Crippen LogP contribution in [0, 0.1) is 0 Å². The van der Waals surface area contributed by atoms with Crippen LogP contribution in [0.2, 0.25) is 10.0 Å². The lowest BCUT2D eigenvalue weighted by Gasteiger charge is -2.31. The highest BCUT2D eigenvalue weighted by molar-refractivity contribution is 6.42. The highest BCUT2D eigenvalue weighted by Gasteiger charge is 2.26. The molecule has 1 aliphatic rings. The first-order chi connectivity index (χ1) is 13.6. The highest BCUT2D eigenvalue weighted by atomic mass is 35.5. The fraction of sp³-hybridized carbons (Fsp3) is 0.250. The monoisotopic (exact) mass is 416 g/mol. The van der Waals surface area contributed by atoms with Gasteiger partial charge in [0.05, 0.1) is 10.0 Å². The zero-order valence-electron chi connectivity index (χ0n) is 14.9. The normalized spacial score (nSPS) is 14.9. The van der Waals surface area contributed by atoms with E-state index in [0.29, 0.717) is 46.4 Å². The van der Waals surface area contributed by atoms with Crippen molar-refractivity contribution in [1.82, 2.24) is 19.9 Å². The van der Waals surface area contributed by atoms with Gasteiger partial charge in [0.15, 0.2) is 0 Å². The van der Waals surface area contributed by atoms with Gasteiger partial charge in [0.25, 0.3) is 5.91 Å². The number of ether oxygens (including phenoxy) is 1. The standard InChI is InChI=1S/C20H18Cl2N4O2/c21-15-5-4-14(12-16(15)22)28-18-3-1-2-17(25-18)20(27)26-10-6-13(7-11-26)19-23-8-9-24-19/h1-5,8-9,12-13H,6-7,10-11H2,(H,23,24). The number of carbonyl (C=O) groups is 1. The number of nitrogens with zero attached hydrogens (tertiary/aromatic N) is 3. The molecule has 1 saturated heterocycles. The summed E-state index contributed by atoms with van der Waals surface area (Å²) >= 11 is 11.9. The number of likely N-dealkylation sites (tertiary alicyclic amines) is 1. The van der Waals surface area contributed by atoms with Gasteiger partial charge in [-0.3, -0.25) is 4.79 Å². The Balaban J connectivity index is 1.42. The fourth-order valence-corrected chi connectivity index (χ4v) is 3.56. The van der Waals surface area contributed by atoms with E-state index in [-0.39, 0.29) is 5.91 Å². The Hall–Kier alpha value is -2.57. The quantitative estimate of drug-likeness (QED) is 0.654. The second kappa shape index (κ2) is 8.20. The molecule has 0 atom stereocenters. The van der Waals surface area contributed by atoms with Crippen molar-refractivity contribution < 1.29 is 9.53 Å². The minimum atomic E-state index is -0.0996. The van der Waals surface area contributed by atoms with Crippen LogP contribution in [0.4, 0.5) is 0 Å². The minimum absolute atomic E-state index is 0.0996. The molecule has 8 heteroatoms. The predicted octanol–water partition coefficient (Wildman–Crippen LogP) is 4.92. The van der Waals surface area contributed by atoms with E-state index in [2.05, 4.69) is 15.0 Å². The molecule has 0 saturated carbocycles. The molecule has 0 aliphatic carbocycles. The molecular weight excluding hydrogens is 399 g/mol. The first-order valence-corrected chi connectivity index (χ1v) is 9.74. The molecule has 4 rings (SSSR count). The molecule has 0 bridgehead atoms. The maximum Gasteiger partial charge on any atom is 0.272 e. The molecule has 0 unspecified atom stereocenters. The number of hydrogen-bond acceptors (Lipinski definition) is 4. The topological polar surface area (TPSA) is 71.1 Å². The summed E-state index contributed by atoms with van der Waals surface area (Å²) in [6.45, 7) is 1.34. The first kappa shape index (κ1) is 18.8. The zero-order chi connectivity index (χ0) is 19.5. The smallest absolute Gasteiger partial charge is 0.272 e. The Bertz CT molecular complexity index is 970. The van der Waals surface area contributed by atoms with Crippen molar-refractivity contribution in [3.05, 3.63) is 70.4 Å². The maximum atomic E-state index is 12.8. The van der Waals surface area contributed by atoms with Gasteiger partial charge in [-0.1, -0.05) is 29.3 Å². The number of carbonyl (C=O) groups excluding carboxylic acids is 1. The molecule has 3 heterocycles. The third kappa shape index (κ3) is 4.13. The van der Waals surface area contributed by atoms with Crippen LogP contribution >= 0.6 is 23.2 Å². The van der Waals surface area contributed by atoms with Crippen molar-refractivity contribution in [3.8, 4) is 11.6 Å². The lowest BCUT2D eigenvalue weighted by molar-refractivity contribution is 0.0704. The van der Waals surface area contributed by atoms with E-state index < -0.39 is 0 Å². The molecule has 1 amide bonds. The van der Waals surface area contributed by atoms with Crippen LogP contribution in [0.15, 0.2) is 48.8 Å². The minimum Gasteiger partial charge on any atom is -0.439 e. The van der Waals surface area contributed by atoms with E-state index in [0.717, 1.165) is 18.7 Å². The number of aromatic nitrogens is 3. The summed E-state index contributed by atoms with van der Waals surface area (Å²) in [6.07, 6.45) is 5.34. The Morgan fingerprint density at radius 2 is 1.96 bits per heavy atom. The number of hydrogen-bond donors (Lipinski definition) is 1. The number of piperidine rings is 1. The van der Waals surface area contributed by atoms with Crippen LogP contribution in [-0.2, 0) is 0 Å². The number of aromatic amines is 1. The lowest BCUT2D eigenvalue weighted by Crippen LogP contribution is -2.38. The molecule has 144 valence electrons. The SMILES string of the molecule is O=C(c1cccc(Oc2ccc(Cl)c(Cl)c2)n1)N1CCC(c2ncc[nH]2)CC1. The van der Waals surface area contributed by atoms with E-state index in [9.17, 15) is 4.79 Å². The van der Waals surface area contributed by atoms with Crippen LogP contribution in [0.25, 0.3) is 0 Å². The number of nitrogens with one attached hydrogen (secondary N) is 1. The van der Waals surface area contributed by atoms with Crippen molar-refractivity contribution in [2.75, 3.05) is 13.1 Å². The summed E-state index contributed by atoms with van der Waals surface area (Å²) < 4.78 is 5.72. The van der Waals surface area contributed by atoms with Gasteiger partial charge in [-0.25, -0.2) is 9.97 Å². The Morgan fingerprint density at radius 1 is 1.14 bits per heavy atom. The summed E-state index contributed by atoms with van der Waals surface area (Å²) in [6, 6.07) is 10.1. The number of amides is 1. The van der Waals surface area contributed by atoms with Crippen LogP contribution in [-0.4, -0.2) is 38.8 Å². The average Bonchev–Trinajstić information content (AvgIpc) is 3.25. The molecule has 6 nitrogen and oxygen atoms in total.